The Morgan fingerprint density at radius 1 is 1.00 bits per heavy atom. The number of aromatic nitrogens is 1. The van der Waals surface area contributed by atoms with Crippen molar-refractivity contribution in [2.75, 3.05) is 11.4 Å². The van der Waals surface area contributed by atoms with Crippen molar-refractivity contribution in [1.82, 2.24) is 10.3 Å². The summed E-state index contributed by atoms with van der Waals surface area (Å²) in [6.07, 6.45) is 4.78. The predicted molar refractivity (Wildman–Crippen MR) is 106 cm³/mol. The van der Waals surface area contributed by atoms with Gasteiger partial charge in [-0.05, 0) is 56.9 Å². The number of pyridine rings is 1. The molecule has 1 aliphatic carbocycles. The largest absolute Gasteiger partial charge is 0.350 e. The fourth-order valence-corrected chi connectivity index (χ4v) is 3.72. The topological polar surface area (TPSA) is 62.3 Å². The van der Waals surface area contributed by atoms with E-state index in [-0.39, 0.29) is 23.7 Å². The highest BCUT2D eigenvalue weighted by Crippen LogP contribution is 2.31. The number of hydrogen-bond acceptors (Lipinski definition) is 3. The van der Waals surface area contributed by atoms with E-state index in [1.807, 2.05) is 60.4 Å². The summed E-state index contributed by atoms with van der Waals surface area (Å²) in [5.41, 5.74) is 1.80. The third-order valence-electron chi connectivity index (χ3n) is 5.27. The van der Waals surface area contributed by atoms with Crippen molar-refractivity contribution < 1.29 is 9.59 Å². The summed E-state index contributed by atoms with van der Waals surface area (Å²) in [5, 5.41) is 2.98. The van der Waals surface area contributed by atoms with Gasteiger partial charge in [0.1, 0.15) is 0 Å². The van der Waals surface area contributed by atoms with Gasteiger partial charge < -0.3 is 10.2 Å². The summed E-state index contributed by atoms with van der Waals surface area (Å²) >= 11 is 0. The lowest BCUT2D eigenvalue weighted by atomic mass is 9.81. The maximum Gasteiger partial charge on any atom is 0.230 e. The predicted octanol–water partition coefficient (Wildman–Crippen LogP) is 3.56. The smallest absolute Gasteiger partial charge is 0.230 e. The summed E-state index contributed by atoms with van der Waals surface area (Å²) < 4.78 is 0. The van der Waals surface area contributed by atoms with Crippen LogP contribution < -0.4 is 10.2 Å². The van der Waals surface area contributed by atoms with Gasteiger partial charge in [-0.3, -0.25) is 14.6 Å². The monoisotopic (exact) mass is 365 g/mol. The Hall–Kier alpha value is -2.69. The van der Waals surface area contributed by atoms with Crippen LogP contribution in [-0.2, 0) is 16.1 Å². The van der Waals surface area contributed by atoms with Crippen LogP contribution in [-0.4, -0.2) is 23.3 Å². The zero-order valence-electron chi connectivity index (χ0n) is 15.8. The van der Waals surface area contributed by atoms with Crippen molar-refractivity contribution in [3.8, 4) is 0 Å². The van der Waals surface area contributed by atoms with Crippen LogP contribution in [0, 0.1) is 11.8 Å². The zero-order chi connectivity index (χ0) is 19.1. The average molecular weight is 365 g/mol. The van der Waals surface area contributed by atoms with E-state index in [4.69, 9.17) is 0 Å². The number of anilines is 1. The fourth-order valence-electron chi connectivity index (χ4n) is 3.72. The van der Waals surface area contributed by atoms with Gasteiger partial charge in [-0.25, -0.2) is 0 Å². The van der Waals surface area contributed by atoms with Gasteiger partial charge in [-0.15, -0.1) is 0 Å². The van der Waals surface area contributed by atoms with Gasteiger partial charge in [0.2, 0.25) is 11.8 Å². The van der Waals surface area contributed by atoms with Gasteiger partial charge in [0, 0.05) is 30.3 Å². The number of carbonyl (C=O) groups is 2. The van der Waals surface area contributed by atoms with Gasteiger partial charge in [-0.1, -0.05) is 24.3 Å². The van der Waals surface area contributed by atoms with Crippen LogP contribution in [0.2, 0.25) is 0 Å². The van der Waals surface area contributed by atoms with E-state index >= 15 is 0 Å². The van der Waals surface area contributed by atoms with E-state index in [9.17, 15) is 9.59 Å². The highest BCUT2D eigenvalue weighted by molar-refractivity contribution is 5.95. The maximum absolute atomic E-state index is 12.9. The molecular formula is C22H27N3O2. The summed E-state index contributed by atoms with van der Waals surface area (Å²) in [7, 11) is 0. The van der Waals surface area contributed by atoms with Crippen molar-refractivity contribution in [1.29, 1.82) is 0 Å². The molecule has 3 rings (SSSR count). The Bertz CT molecular complexity index is 741. The van der Waals surface area contributed by atoms with E-state index < -0.39 is 0 Å². The van der Waals surface area contributed by atoms with Crippen LogP contribution in [0.4, 0.5) is 5.69 Å². The maximum atomic E-state index is 12.9. The highest BCUT2D eigenvalue weighted by atomic mass is 16.2. The molecule has 5 nitrogen and oxygen atoms in total. The molecule has 1 aromatic heterocycles. The Kier molecular flexibility index (Phi) is 6.58. The highest BCUT2D eigenvalue weighted by Gasteiger charge is 2.32. The van der Waals surface area contributed by atoms with Gasteiger partial charge in [0.25, 0.3) is 0 Å². The van der Waals surface area contributed by atoms with E-state index in [2.05, 4.69) is 10.3 Å². The Balaban J connectivity index is 1.50. The molecule has 0 aliphatic heterocycles. The van der Waals surface area contributed by atoms with Gasteiger partial charge in [0.15, 0.2) is 0 Å². The summed E-state index contributed by atoms with van der Waals surface area (Å²) in [4.78, 5) is 31.4. The molecule has 0 atom stereocenters. The number of rotatable bonds is 6. The van der Waals surface area contributed by atoms with Crippen LogP contribution in [0.25, 0.3) is 0 Å². The summed E-state index contributed by atoms with van der Waals surface area (Å²) in [6.45, 7) is 3.12. The molecule has 1 aliphatic rings. The number of nitrogens with zero attached hydrogens (tertiary/aromatic N) is 2. The van der Waals surface area contributed by atoms with Gasteiger partial charge in [-0.2, -0.15) is 0 Å². The molecule has 0 unspecified atom stereocenters. The first-order valence-electron chi connectivity index (χ1n) is 9.73. The molecule has 1 saturated carbocycles. The lowest BCUT2D eigenvalue weighted by Gasteiger charge is -2.31. The van der Waals surface area contributed by atoms with E-state index in [0.717, 1.165) is 37.1 Å². The molecule has 5 heteroatoms. The molecule has 1 heterocycles. The number of benzene rings is 1. The van der Waals surface area contributed by atoms with Crippen molar-refractivity contribution in [3.05, 3.63) is 60.4 Å². The first-order chi connectivity index (χ1) is 13.2. The fraction of sp³-hybridized carbons (Fsp3) is 0.409. The second kappa shape index (κ2) is 9.31. The first-order valence-corrected chi connectivity index (χ1v) is 9.73. The third-order valence-corrected chi connectivity index (χ3v) is 5.27. The minimum Gasteiger partial charge on any atom is -0.350 e. The summed E-state index contributed by atoms with van der Waals surface area (Å²) in [5.74, 6) is 0.243. The van der Waals surface area contributed by atoms with Crippen molar-refractivity contribution in [3.63, 3.8) is 0 Å². The lowest BCUT2D eigenvalue weighted by Crippen LogP contribution is -2.40. The Morgan fingerprint density at radius 3 is 2.30 bits per heavy atom. The molecule has 1 aromatic carbocycles. The van der Waals surface area contributed by atoms with Crippen molar-refractivity contribution >= 4 is 17.5 Å². The number of para-hydroxylation sites is 1. The Morgan fingerprint density at radius 2 is 1.67 bits per heavy atom. The lowest BCUT2D eigenvalue weighted by molar-refractivity contribution is -0.129. The van der Waals surface area contributed by atoms with E-state index in [1.165, 1.54) is 0 Å². The molecular weight excluding hydrogens is 338 g/mol. The second-order valence-electron chi connectivity index (χ2n) is 7.01. The Labute approximate surface area is 160 Å². The molecule has 0 spiro atoms. The minimum atomic E-state index is -0.00966. The quantitative estimate of drug-likeness (QED) is 0.851. The van der Waals surface area contributed by atoms with Crippen LogP contribution in [0.1, 0.15) is 38.3 Å². The van der Waals surface area contributed by atoms with Crippen molar-refractivity contribution in [2.45, 2.75) is 39.2 Å². The van der Waals surface area contributed by atoms with Gasteiger partial charge in [0.05, 0.1) is 12.2 Å². The van der Waals surface area contributed by atoms with E-state index in [1.54, 1.807) is 6.20 Å². The first kappa shape index (κ1) is 19.1. The minimum absolute atomic E-state index is 0.00463. The molecule has 2 aromatic rings. The number of carbonyl (C=O) groups excluding carboxylic acids is 2. The molecule has 2 amide bonds. The second-order valence-corrected chi connectivity index (χ2v) is 7.01. The third kappa shape index (κ3) is 4.94. The van der Waals surface area contributed by atoms with E-state index in [0.29, 0.717) is 13.1 Å². The van der Waals surface area contributed by atoms with Crippen molar-refractivity contribution in [2.24, 2.45) is 11.8 Å². The number of nitrogens with one attached hydrogen (secondary N) is 1. The van der Waals surface area contributed by atoms with Crippen LogP contribution >= 0.6 is 0 Å². The molecule has 27 heavy (non-hydrogen) atoms. The normalized spacial score (nSPS) is 19.3. The molecule has 142 valence electrons. The zero-order valence-corrected chi connectivity index (χ0v) is 15.8. The molecule has 1 N–H and O–H groups in total. The van der Waals surface area contributed by atoms with Crippen LogP contribution in [0.3, 0.4) is 0 Å². The van der Waals surface area contributed by atoms with Crippen LogP contribution in [0.15, 0.2) is 54.7 Å². The molecule has 0 bridgehead atoms. The van der Waals surface area contributed by atoms with Crippen LogP contribution in [0.5, 0.6) is 0 Å². The van der Waals surface area contributed by atoms with Gasteiger partial charge >= 0.3 is 0 Å². The molecule has 1 fully saturated rings. The summed E-state index contributed by atoms with van der Waals surface area (Å²) in [6, 6.07) is 15.5. The SMILES string of the molecule is CCN(C(=O)C1CCC(C(=O)NCc2ccccn2)CC1)c1ccccc1. The molecule has 0 saturated heterocycles. The number of hydrogen-bond donors (Lipinski definition) is 1. The standard InChI is InChI=1S/C22H27N3O2/c1-2-25(20-9-4-3-5-10-20)22(27)18-13-11-17(12-14-18)21(26)24-16-19-8-6-7-15-23-19/h3-10,15,17-18H,2,11-14,16H2,1H3,(H,24,26). The molecule has 0 radical (unpaired) electrons. The average Bonchev–Trinajstić information content (AvgIpc) is 2.74. The number of amides is 2.